The van der Waals surface area contributed by atoms with Crippen LogP contribution >= 0.6 is 27.5 Å². The minimum absolute atomic E-state index is 0.0153. The number of pyridine rings is 1. The Bertz CT molecular complexity index is 736. The first-order chi connectivity index (χ1) is 9.62. The molecular formula is C12H10BrClF3N3O. The fourth-order valence-electron chi connectivity index (χ4n) is 1.72. The van der Waals surface area contributed by atoms with E-state index in [-0.39, 0.29) is 16.8 Å². The molecule has 0 amide bonds. The number of nitrogens with one attached hydrogen (secondary N) is 1. The van der Waals surface area contributed by atoms with Crippen LogP contribution in [-0.4, -0.2) is 14.8 Å². The van der Waals surface area contributed by atoms with Crippen LogP contribution in [-0.2, 0) is 6.18 Å². The summed E-state index contributed by atoms with van der Waals surface area (Å²) >= 11 is 8.98. The molecule has 0 bridgehead atoms. The first-order valence-corrected chi connectivity index (χ1v) is 7.03. The number of rotatable bonds is 2. The standard InChI is InChI=1S/C12H10BrClF3N3O/c1-5(2)9-8(13)11(21)20(19-9)10-7(14)3-6(4-18-10)12(15,16)17/h3-5,19H,1-2H3. The Balaban J connectivity index is 2.59. The van der Waals surface area contributed by atoms with Gasteiger partial charge in [0.1, 0.15) is 4.47 Å². The molecule has 0 atom stereocenters. The summed E-state index contributed by atoms with van der Waals surface area (Å²) in [6.07, 6.45) is -3.91. The van der Waals surface area contributed by atoms with Crippen LogP contribution in [0.2, 0.25) is 5.02 Å². The Morgan fingerprint density at radius 1 is 1.43 bits per heavy atom. The Kier molecular flexibility index (Phi) is 4.21. The fourth-order valence-corrected chi connectivity index (χ4v) is 2.69. The number of H-pyrrole nitrogens is 1. The first kappa shape index (κ1) is 16.1. The van der Waals surface area contributed by atoms with Crippen molar-refractivity contribution in [2.24, 2.45) is 0 Å². The van der Waals surface area contributed by atoms with Crippen molar-refractivity contribution in [3.05, 3.63) is 43.4 Å². The smallest absolute Gasteiger partial charge is 0.292 e. The van der Waals surface area contributed by atoms with E-state index in [9.17, 15) is 18.0 Å². The van der Waals surface area contributed by atoms with E-state index in [0.717, 1.165) is 10.7 Å². The molecule has 114 valence electrons. The summed E-state index contributed by atoms with van der Waals surface area (Å²) in [5.41, 5.74) is -0.829. The van der Waals surface area contributed by atoms with Crippen LogP contribution < -0.4 is 5.56 Å². The molecule has 9 heteroatoms. The van der Waals surface area contributed by atoms with E-state index >= 15 is 0 Å². The number of halogens is 5. The van der Waals surface area contributed by atoms with Crippen LogP contribution in [0.4, 0.5) is 13.2 Å². The summed E-state index contributed by atoms with van der Waals surface area (Å²) in [7, 11) is 0. The van der Waals surface area contributed by atoms with E-state index in [0.29, 0.717) is 16.4 Å². The van der Waals surface area contributed by atoms with Gasteiger partial charge in [0.05, 0.1) is 16.3 Å². The second-order valence-corrected chi connectivity index (χ2v) is 5.86. The van der Waals surface area contributed by atoms with Crippen molar-refractivity contribution in [1.82, 2.24) is 14.8 Å². The second-order valence-electron chi connectivity index (χ2n) is 4.66. The van der Waals surface area contributed by atoms with Gasteiger partial charge in [-0.1, -0.05) is 25.4 Å². The van der Waals surface area contributed by atoms with E-state index in [1.807, 2.05) is 13.8 Å². The van der Waals surface area contributed by atoms with Gasteiger partial charge in [0.25, 0.3) is 5.56 Å². The number of hydrogen-bond donors (Lipinski definition) is 1. The summed E-state index contributed by atoms with van der Waals surface area (Å²) < 4.78 is 39.0. The maximum absolute atomic E-state index is 12.6. The lowest BCUT2D eigenvalue weighted by atomic mass is 10.1. The molecule has 2 aromatic heterocycles. The summed E-state index contributed by atoms with van der Waals surface area (Å²) in [4.78, 5) is 15.7. The van der Waals surface area contributed by atoms with E-state index in [2.05, 4.69) is 26.0 Å². The van der Waals surface area contributed by atoms with Gasteiger partial charge in [0.15, 0.2) is 5.82 Å². The van der Waals surface area contributed by atoms with Gasteiger partial charge in [0.2, 0.25) is 0 Å². The molecule has 2 heterocycles. The summed E-state index contributed by atoms with van der Waals surface area (Å²) in [6, 6.07) is 0.736. The third-order valence-electron chi connectivity index (χ3n) is 2.80. The van der Waals surface area contributed by atoms with Crippen molar-refractivity contribution in [2.45, 2.75) is 25.9 Å². The Morgan fingerprint density at radius 2 is 2.05 bits per heavy atom. The van der Waals surface area contributed by atoms with Crippen LogP contribution in [0.1, 0.15) is 31.0 Å². The molecule has 0 saturated carbocycles. The minimum atomic E-state index is -4.54. The number of alkyl halides is 3. The van der Waals surface area contributed by atoms with Crippen LogP contribution in [0.3, 0.4) is 0 Å². The predicted octanol–water partition coefficient (Wildman–Crippen LogP) is 4.12. The molecule has 0 aliphatic rings. The molecule has 4 nitrogen and oxygen atoms in total. The fraction of sp³-hybridized carbons (Fsp3) is 0.333. The molecule has 21 heavy (non-hydrogen) atoms. The summed E-state index contributed by atoms with van der Waals surface area (Å²) in [5.74, 6) is -0.0659. The first-order valence-electron chi connectivity index (χ1n) is 5.86. The molecule has 0 spiro atoms. The molecular weight excluding hydrogens is 375 g/mol. The largest absolute Gasteiger partial charge is 0.417 e. The van der Waals surface area contributed by atoms with Gasteiger partial charge in [-0.15, -0.1) is 0 Å². The molecule has 0 fully saturated rings. The zero-order valence-electron chi connectivity index (χ0n) is 10.9. The van der Waals surface area contributed by atoms with Gasteiger partial charge in [-0.25, -0.2) is 4.98 Å². The zero-order valence-corrected chi connectivity index (χ0v) is 13.3. The highest BCUT2D eigenvalue weighted by Gasteiger charge is 2.32. The Hall–Kier alpha value is -1.28. The lowest BCUT2D eigenvalue weighted by Crippen LogP contribution is -2.17. The lowest BCUT2D eigenvalue weighted by molar-refractivity contribution is -0.137. The van der Waals surface area contributed by atoms with E-state index < -0.39 is 17.3 Å². The second kappa shape index (κ2) is 5.49. The molecule has 2 aromatic rings. The zero-order chi connectivity index (χ0) is 15.9. The third-order valence-corrected chi connectivity index (χ3v) is 3.84. The molecule has 2 rings (SSSR count). The van der Waals surface area contributed by atoms with Gasteiger partial charge in [-0.3, -0.25) is 9.89 Å². The molecule has 0 aliphatic carbocycles. The summed E-state index contributed by atoms with van der Waals surface area (Å²) in [5, 5.41) is 2.53. The van der Waals surface area contributed by atoms with E-state index in [1.165, 1.54) is 0 Å². The Labute approximate surface area is 131 Å². The van der Waals surface area contributed by atoms with Crippen LogP contribution in [0.15, 0.2) is 21.5 Å². The van der Waals surface area contributed by atoms with Gasteiger partial charge in [-0.05, 0) is 27.9 Å². The average molecular weight is 385 g/mol. The predicted molar refractivity (Wildman–Crippen MR) is 76.0 cm³/mol. The average Bonchev–Trinajstić information content (AvgIpc) is 2.65. The highest BCUT2D eigenvalue weighted by molar-refractivity contribution is 9.10. The molecule has 0 saturated heterocycles. The molecule has 0 unspecified atom stereocenters. The number of nitrogens with zero attached hydrogens (tertiary/aromatic N) is 2. The molecule has 0 radical (unpaired) electrons. The van der Waals surface area contributed by atoms with Crippen molar-refractivity contribution in [1.29, 1.82) is 0 Å². The Morgan fingerprint density at radius 3 is 2.48 bits per heavy atom. The molecule has 1 N–H and O–H groups in total. The van der Waals surface area contributed by atoms with Gasteiger partial charge in [0, 0.05) is 6.20 Å². The van der Waals surface area contributed by atoms with Crippen LogP contribution in [0.25, 0.3) is 5.82 Å². The van der Waals surface area contributed by atoms with Crippen molar-refractivity contribution >= 4 is 27.5 Å². The highest BCUT2D eigenvalue weighted by atomic mass is 79.9. The van der Waals surface area contributed by atoms with Gasteiger partial charge >= 0.3 is 6.18 Å². The summed E-state index contributed by atoms with van der Waals surface area (Å²) in [6.45, 7) is 3.73. The van der Waals surface area contributed by atoms with Crippen LogP contribution in [0, 0.1) is 0 Å². The normalized spacial score (nSPS) is 12.2. The van der Waals surface area contributed by atoms with Crippen molar-refractivity contribution in [3.63, 3.8) is 0 Å². The third kappa shape index (κ3) is 3.01. The topological polar surface area (TPSA) is 50.7 Å². The van der Waals surface area contributed by atoms with Crippen molar-refractivity contribution in [3.8, 4) is 5.82 Å². The number of hydrogen-bond acceptors (Lipinski definition) is 2. The van der Waals surface area contributed by atoms with Crippen molar-refractivity contribution in [2.75, 3.05) is 0 Å². The van der Waals surface area contributed by atoms with E-state index in [1.54, 1.807) is 0 Å². The quantitative estimate of drug-likeness (QED) is 0.847. The van der Waals surface area contributed by atoms with Crippen molar-refractivity contribution < 1.29 is 13.2 Å². The maximum atomic E-state index is 12.6. The van der Waals surface area contributed by atoms with Gasteiger partial charge in [-0.2, -0.15) is 17.9 Å². The minimum Gasteiger partial charge on any atom is -0.292 e. The monoisotopic (exact) mass is 383 g/mol. The van der Waals surface area contributed by atoms with Crippen LogP contribution in [0.5, 0.6) is 0 Å². The molecule has 0 aromatic carbocycles. The maximum Gasteiger partial charge on any atom is 0.417 e. The highest BCUT2D eigenvalue weighted by Crippen LogP contribution is 2.32. The molecule has 0 aliphatic heterocycles. The lowest BCUT2D eigenvalue weighted by Gasteiger charge is -2.09. The SMILES string of the molecule is CC(C)c1[nH]n(-c2ncc(C(F)(F)F)cc2Cl)c(=O)c1Br. The number of aromatic nitrogens is 3. The van der Waals surface area contributed by atoms with Gasteiger partial charge < -0.3 is 0 Å². The number of aromatic amines is 1. The van der Waals surface area contributed by atoms with E-state index in [4.69, 9.17) is 11.6 Å².